The second kappa shape index (κ2) is 8.22. The molecule has 1 aromatic carbocycles. The number of rotatable bonds is 6. The largest absolute Gasteiger partial charge is 0.491 e. The number of amides is 1. The lowest BCUT2D eigenvalue weighted by Crippen LogP contribution is -2.49. The molecule has 0 saturated carbocycles. The molecule has 2 rings (SSSR count). The normalized spacial score (nSPS) is 16.0. The van der Waals surface area contributed by atoms with Gasteiger partial charge in [0.05, 0.1) is 5.02 Å². The first-order chi connectivity index (χ1) is 10.2. The molecule has 2 N–H and O–H groups in total. The summed E-state index contributed by atoms with van der Waals surface area (Å²) >= 11 is 6.04. The smallest absolute Gasteiger partial charge is 0.223 e. The predicted molar refractivity (Wildman–Crippen MR) is 83.6 cm³/mol. The molecule has 1 aliphatic heterocycles. The fraction of sp³-hybridized carbons (Fsp3) is 0.533. The number of ether oxygens (including phenoxy) is 1. The van der Waals surface area contributed by atoms with Crippen molar-refractivity contribution in [2.24, 2.45) is 5.73 Å². The molecule has 0 aromatic heterocycles. The summed E-state index contributed by atoms with van der Waals surface area (Å²) in [5.41, 5.74) is 5.41. The van der Waals surface area contributed by atoms with E-state index in [4.69, 9.17) is 22.1 Å². The molecule has 1 amide bonds. The van der Waals surface area contributed by atoms with Crippen molar-refractivity contribution in [3.8, 4) is 5.75 Å². The zero-order valence-electron chi connectivity index (χ0n) is 12.1. The average Bonchev–Trinajstić information content (AvgIpc) is 2.50. The first kappa shape index (κ1) is 16.1. The number of hydrogen-bond acceptors (Lipinski definition) is 4. The number of hydrogen-bond donors (Lipinski definition) is 1. The zero-order valence-corrected chi connectivity index (χ0v) is 12.9. The van der Waals surface area contributed by atoms with Crippen molar-refractivity contribution >= 4 is 17.5 Å². The van der Waals surface area contributed by atoms with Gasteiger partial charge >= 0.3 is 0 Å². The van der Waals surface area contributed by atoms with E-state index in [1.54, 1.807) is 0 Å². The molecule has 0 aliphatic carbocycles. The summed E-state index contributed by atoms with van der Waals surface area (Å²) in [4.78, 5) is 15.9. The quantitative estimate of drug-likeness (QED) is 0.858. The van der Waals surface area contributed by atoms with Crippen molar-refractivity contribution in [2.75, 3.05) is 45.9 Å². The third-order valence-electron chi connectivity index (χ3n) is 3.58. The lowest BCUT2D eigenvalue weighted by molar-refractivity contribution is -0.132. The van der Waals surface area contributed by atoms with Gasteiger partial charge in [-0.15, -0.1) is 0 Å². The average molecular weight is 312 g/mol. The van der Waals surface area contributed by atoms with Crippen LogP contribution < -0.4 is 10.5 Å². The minimum Gasteiger partial charge on any atom is -0.491 e. The van der Waals surface area contributed by atoms with Crippen LogP contribution in [-0.4, -0.2) is 61.6 Å². The molecule has 0 radical (unpaired) electrons. The highest BCUT2D eigenvalue weighted by molar-refractivity contribution is 6.32. The number of nitrogens with two attached hydrogens (primary N) is 1. The van der Waals surface area contributed by atoms with E-state index in [-0.39, 0.29) is 5.91 Å². The van der Waals surface area contributed by atoms with Gasteiger partial charge < -0.3 is 15.4 Å². The van der Waals surface area contributed by atoms with Gasteiger partial charge in [0.2, 0.25) is 5.91 Å². The monoisotopic (exact) mass is 311 g/mol. The van der Waals surface area contributed by atoms with Crippen LogP contribution in [0.2, 0.25) is 5.02 Å². The Hall–Kier alpha value is -1.30. The molecule has 1 heterocycles. The molecule has 21 heavy (non-hydrogen) atoms. The Balaban J connectivity index is 1.67. The van der Waals surface area contributed by atoms with E-state index >= 15 is 0 Å². The molecule has 0 unspecified atom stereocenters. The van der Waals surface area contributed by atoms with Gasteiger partial charge in [-0.25, -0.2) is 0 Å². The summed E-state index contributed by atoms with van der Waals surface area (Å²) in [6.07, 6.45) is 0.440. The van der Waals surface area contributed by atoms with Crippen molar-refractivity contribution in [1.82, 2.24) is 9.80 Å². The minimum atomic E-state index is 0.157. The maximum atomic E-state index is 11.7. The molecule has 0 atom stereocenters. The van der Waals surface area contributed by atoms with E-state index in [2.05, 4.69) is 4.90 Å². The van der Waals surface area contributed by atoms with Gasteiger partial charge in [-0.2, -0.15) is 0 Å². The number of nitrogens with zero attached hydrogens (tertiary/aromatic N) is 2. The highest BCUT2D eigenvalue weighted by atomic mass is 35.5. The number of halogens is 1. The van der Waals surface area contributed by atoms with Gasteiger partial charge in [0.25, 0.3) is 0 Å². The lowest BCUT2D eigenvalue weighted by atomic mass is 10.2. The summed E-state index contributed by atoms with van der Waals surface area (Å²) in [5, 5.41) is 0.634. The number of carbonyl (C=O) groups excluding carboxylic acids is 1. The molecule has 0 bridgehead atoms. The maximum Gasteiger partial charge on any atom is 0.223 e. The van der Waals surface area contributed by atoms with E-state index in [9.17, 15) is 4.79 Å². The van der Waals surface area contributed by atoms with Crippen LogP contribution in [-0.2, 0) is 4.79 Å². The van der Waals surface area contributed by atoms with Gasteiger partial charge in [0.1, 0.15) is 12.4 Å². The lowest BCUT2D eigenvalue weighted by Gasteiger charge is -2.34. The number of para-hydroxylation sites is 1. The molecule has 1 aromatic rings. The fourth-order valence-corrected chi connectivity index (χ4v) is 2.54. The van der Waals surface area contributed by atoms with E-state index in [0.29, 0.717) is 24.6 Å². The molecule has 1 saturated heterocycles. The van der Waals surface area contributed by atoms with Crippen molar-refractivity contribution < 1.29 is 9.53 Å². The third kappa shape index (κ3) is 4.88. The van der Waals surface area contributed by atoms with Crippen LogP contribution >= 0.6 is 11.6 Å². The molecule has 116 valence electrons. The van der Waals surface area contributed by atoms with E-state index in [1.807, 2.05) is 29.2 Å². The standard InChI is InChI=1S/C15H22ClN3O2/c16-13-3-1-2-4-14(13)21-12-11-18-7-9-19(10-8-18)15(20)5-6-17/h1-4H,5-12,17H2. The second-order valence-electron chi connectivity index (χ2n) is 5.04. The zero-order chi connectivity index (χ0) is 15.1. The van der Waals surface area contributed by atoms with Crippen LogP contribution in [0.1, 0.15) is 6.42 Å². The fourth-order valence-electron chi connectivity index (χ4n) is 2.35. The Morgan fingerprint density at radius 2 is 1.95 bits per heavy atom. The Morgan fingerprint density at radius 3 is 2.62 bits per heavy atom. The summed E-state index contributed by atoms with van der Waals surface area (Å²) in [6.45, 7) is 5.15. The topological polar surface area (TPSA) is 58.8 Å². The van der Waals surface area contributed by atoms with Gasteiger partial charge in [-0.1, -0.05) is 23.7 Å². The van der Waals surface area contributed by atoms with E-state index < -0.39 is 0 Å². The Labute approximate surface area is 130 Å². The summed E-state index contributed by atoms with van der Waals surface area (Å²) in [7, 11) is 0. The van der Waals surface area contributed by atoms with Crippen molar-refractivity contribution in [3.63, 3.8) is 0 Å². The van der Waals surface area contributed by atoms with Crippen LogP contribution in [0.3, 0.4) is 0 Å². The summed E-state index contributed by atoms with van der Waals surface area (Å²) in [6, 6.07) is 7.47. The molecule has 1 aliphatic rings. The van der Waals surface area contributed by atoms with Gasteiger partial charge in [-0.05, 0) is 12.1 Å². The predicted octanol–water partition coefficient (Wildman–Crippen LogP) is 1.21. The van der Waals surface area contributed by atoms with Crippen LogP contribution in [0, 0.1) is 0 Å². The SMILES string of the molecule is NCCC(=O)N1CCN(CCOc2ccccc2Cl)CC1. The molecule has 1 fully saturated rings. The number of piperazine rings is 1. The van der Waals surface area contributed by atoms with Crippen molar-refractivity contribution in [3.05, 3.63) is 29.3 Å². The first-order valence-corrected chi connectivity index (χ1v) is 7.66. The molecule has 0 spiro atoms. The van der Waals surface area contributed by atoms with E-state index in [0.717, 1.165) is 38.5 Å². The Kier molecular flexibility index (Phi) is 6.29. The van der Waals surface area contributed by atoms with Gasteiger partial charge in [-0.3, -0.25) is 9.69 Å². The number of benzene rings is 1. The molecular weight excluding hydrogens is 290 g/mol. The summed E-state index contributed by atoms with van der Waals surface area (Å²) in [5.74, 6) is 0.875. The number of carbonyl (C=O) groups is 1. The van der Waals surface area contributed by atoms with Gasteiger partial charge in [0, 0.05) is 45.7 Å². The van der Waals surface area contributed by atoms with Crippen LogP contribution in [0.5, 0.6) is 5.75 Å². The Bertz CT molecular complexity index is 462. The van der Waals surface area contributed by atoms with Gasteiger partial charge in [0.15, 0.2) is 0 Å². The summed E-state index contributed by atoms with van der Waals surface area (Å²) < 4.78 is 5.68. The Morgan fingerprint density at radius 1 is 1.24 bits per heavy atom. The maximum absolute atomic E-state index is 11.7. The molecular formula is C15H22ClN3O2. The second-order valence-corrected chi connectivity index (χ2v) is 5.45. The van der Waals surface area contributed by atoms with Crippen LogP contribution in [0.15, 0.2) is 24.3 Å². The minimum absolute atomic E-state index is 0.157. The van der Waals surface area contributed by atoms with Crippen molar-refractivity contribution in [2.45, 2.75) is 6.42 Å². The molecule has 6 heteroatoms. The highest BCUT2D eigenvalue weighted by Crippen LogP contribution is 2.22. The third-order valence-corrected chi connectivity index (χ3v) is 3.90. The highest BCUT2D eigenvalue weighted by Gasteiger charge is 2.20. The van der Waals surface area contributed by atoms with Crippen LogP contribution in [0.25, 0.3) is 0 Å². The molecule has 5 nitrogen and oxygen atoms in total. The van der Waals surface area contributed by atoms with E-state index in [1.165, 1.54) is 0 Å². The van der Waals surface area contributed by atoms with Crippen molar-refractivity contribution in [1.29, 1.82) is 0 Å². The van der Waals surface area contributed by atoms with Crippen LogP contribution in [0.4, 0.5) is 0 Å². The first-order valence-electron chi connectivity index (χ1n) is 7.28.